The second-order valence-corrected chi connectivity index (χ2v) is 5.33. The molecule has 2 bridgehead atoms. The van der Waals surface area contributed by atoms with Gasteiger partial charge in [0.1, 0.15) is 12.1 Å². The van der Waals surface area contributed by atoms with Crippen LogP contribution in [0.1, 0.15) is 33.6 Å². The second kappa shape index (κ2) is 2.23. The van der Waals surface area contributed by atoms with Gasteiger partial charge in [0, 0.05) is 6.42 Å². The van der Waals surface area contributed by atoms with Crippen molar-refractivity contribution in [2.24, 2.45) is 22.7 Å². The Kier molecular flexibility index (Phi) is 1.53. The summed E-state index contributed by atoms with van der Waals surface area (Å²) in [7, 11) is 0. The summed E-state index contributed by atoms with van der Waals surface area (Å²) in [5, 5.41) is 0. The van der Waals surface area contributed by atoms with Crippen LogP contribution in [0.15, 0.2) is 0 Å². The molecule has 0 N–H and O–H groups in total. The summed E-state index contributed by atoms with van der Waals surface area (Å²) in [4.78, 5) is 22.6. The fourth-order valence-corrected chi connectivity index (χ4v) is 3.17. The minimum atomic E-state index is -0.682. The van der Waals surface area contributed by atoms with Gasteiger partial charge in [0.05, 0.1) is 5.41 Å². The third kappa shape index (κ3) is 0.839. The van der Waals surface area contributed by atoms with Gasteiger partial charge in [-0.3, -0.25) is 4.79 Å². The summed E-state index contributed by atoms with van der Waals surface area (Å²) in [5.41, 5.74) is -0.484. The molecule has 0 aromatic heterocycles. The quantitative estimate of drug-likeness (QED) is 0.455. The zero-order chi connectivity index (χ0) is 9.85. The lowest BCUT2D eigenvalue weighted by Crippen LogP contribution is -2.61. The van der Waals surface area contributed by atoms with Crippen LogP contribution in [0, 0.1) is 22.7 Å². The zero-order valence-corrected chi connectivity index (χ0v) is 8.46. The van der Waals surface area contributed by atoms with Gasteiger partial charge >= 0.3 is 0 Å². The Balaban J connectivity index is 2.38. The number of aldehydes is 1. The number of rotatable bonds is 1. The average molecular weight is 180 g/mol. The summed E-state index contributed by atoms with van der Waals surface area (Å²) in [6.07, 6.45) is 2.55. The molecule has 0 saturated heterocycles. The van der Waals surface area contributed by atoms with Gasteiger partial charge in [-0.25, -0.2) is 0 Å². The highest BCUT2D eigenvalue weighted by molar-refractivity contribution is 6.00. The van der Waals surface area contributed by atoms with E-state index >= 15 is 0 Å². The van der Waals surface area contributed by atoms with Crippen molar-refractivity contribution in [3.8, 4) is 0 Å². The van der Waals surface area contributed by atoms with Gasteiger partial charge in [0.25, 0.3) is 0 Å². The van der Waals surface area contributed by atoms with Gasteiger partial charge in [-0.15, -0.1) is 0 Å². The molecule has 0 aliphatic heterocycles. The Bertz CT molecular complexity index is 280. The summed E-state index contributed by atoms with van der Waals surface area (Å²) in [6, 6.07) is 0. The Hall–Kier alpha value is -0.660. The fraction of sp³-hybridized carbons (Fsp3) is 0.818. The topological polar surface area (TPSA) is 34.1 Å². The molecule has 3 aliphatic carbocycles. The molecule has 2 nitrogen and oxygen atoms in total. The van der Waals surface area contributed by atoms with E-state index in [0.29, 0.717) is 12.3 Å². The number of Topliss-reactive ketones (excluding diaryl/α,β-unsaturated/α-hetero) is 1. The first-order chi connectivity index (χ1) is 5.93. The lowest BCUT2D eigenvalue weighted by Gasteiger charge is -2.61. The highest BCUT2D eigenvalue weighted by atomic mass is 16.1. The maximum absolute atomic E-state index is 11.6. The molecule has 2 heteroatoms. The van der Waals surface area contributed by atoms with E-state index in [4.69, 9.17) is 0 Å². The summed E-state index contributed by atoms with van der Waals surface area (Å²) in [5.74, 6) is 0.963. The molecule has 3 unspecified atom stereocenters. The predicted molar refractivity (Wildman–Crippen MR) is 49.2 cm³/mol. The van der Waals surface area contributed by atoms with Gasteiger partial charge in [-0.05, 0) is 30.6 Å². The van der Waals surface area contributed by atoms with Crippen molar-refractivity contribution in [1.29, 1.82) is 0 Å². The molecule has 0 spiro atoms. The Labute approximate surface area is 78.7 Å². The van der Waals surface area contributed by atoms with Crippen molar-refractivity contribution in [1.82, 2.24) is 0 Å². The third-order valence-corrected chi connectivity index (χ3v) is 4.47. The lowest BCUT2D eigenvalue weighted by atomic mass is 9.41. The Morgan fingerprint density at radius 1 is 1.38 bits per heavy atom. The molecule has 3 atom stereocenters. The van der Waals surface area contributed by atoms with E-state index in [1.54, 1.807) is 0 Å². The molecule has 0 aromatic carbocycles. The molecule has 3 fully saturated rings. The van der Waals surface area contributed by atoms with Crippen LogP contribution in [0.5, 0.6) is 0 Å². The molecule has 0 aromatic rings. The fourth-order valence-electron chi connectivity index (χ4n) is 3.17. The van der Waals surface area contributed by atoms with Crippen molar-refractivity contribution in [3.63, 3.8) is 0 Å². The molecular weight excluding hydrogens is 164 g/mol. The van der Waals surface area contributed by atoms with E-state index in [0.717, 1.165) is 12.7 Å². The van der Waals surface area contributed by atoms with Crippen molar-refractivity contribution >= 4 is 12.1 Å². The van der Waals surface area contributed by atoms with Crippen molar-refractivity contribution in [2.75, 3.05) is 0 Å². The van der Waals surface area contributed by atoms with Gasteiger partial charge in [-0.2, -0.15) is 0 Å². The number of hydrogen-bond acceptors (Lipinski definition) is 2. The molecule has 0 heterocycles. The smallest absolute Gasteiger partial charge is 0.146 e. The Morgan fingerprint density at radius 3 is 2.38 bits per heavy atom. The summed E-state index contributed by atoms with van der Waals surface area (Å²) < 4.78 is 0. The van der Waals surface area contributed by atoms with Gasteiger partial charge < -0.3 is 4.79 Å². The van der Waals surface area contributed by atoms with Gasteiger partial charge in [0.2, 0.25) is 0 Å². The Morgan fingerprint density at radius 2 is 2.00 bits per heavy atom. The highest BCUT2D eigenvalue weighted by Crippen LogP contribution is 2.63. The number of hydrogen-bond donors (Lipinski definition) is 0. The van der Waals surface area contributed by atoms with Crippen LogP contribution in [-0.2, 0) is 9.59 Å². The third-order valence-electron chi connectivity index (χ3n) is 4.47. The first-order valence-corrected chi connectivity index (χ1v) is 4.92. The first kappa shape index (κ1) is 8.92. The monoisotopic (exact) mass is 180 g/mol. The normalized spacial score (nSPS) is 46.8. The standard InChI is InChI=1S/C11H16O2/c1-10(2)7-4-8(10)11(3,6-12)9(13)5-7/h6-8H,4-5H2,1-3H3. The molecular formula is C11H16O2. The largest absolute Gasteiger partial charge is 0.302 e. The van der Waals surface area contributed by atoms with Crippen LogP contribution >= 0.6 is 0 Å². The number of ketones is 1. The highest BCUT2D eigenvalue weighted by Gasteiger charge is 2.63. The summed E-state index contributed by atoms with van der Waals surface area (Å²) >= 11 is 0. The van der Waals surface area contributed by atoms with E-state index in [1.807, 2.05) is 6.92 Å². The van der Waals surface area contributed by atoms with Crippen molar-refractivity contribution < 1.29 is 9.59 Å². The molecule has 72 valence electrons. The van der Waals surface area contributed by atoms with Crippen molar-refractivity contribution in [2.45, 2.75) is 33.6 Å². The minimum Gasteiger partial charge on any atom is -0.302 e. The van der Waals surface area contributed by atoms with Gasteiger partial charge in [-0.1, -0.05) is 13.8 Å². The van der Waals surface area contributed by atoms with Crippen molar-refractivity contribution in [3.05, 3.63) is 0 Å². The molecule has 3 aliphatic rings. The maximum atomic E-state index is 11.6. The van der Waals surface area contributed by atoms with Crippen LogP contribution < -0.4 is 0 Å². The van der Waals surface area contributed by atoms with Gasteiger partial charge in [0.15, 0.2) is 0 Å². The van der Waals surface area contributed by atoms with E-state index in [1.165, 1.54) is 0 Å². The molecule has 3 rings (SSSR count). The number of carbonyl (C=O) groups is 2. The predicted octanol–water partition coefficient (Wildman–Crippen LogP) is 1.83. The summed E-state index contributed by atoms with van der Waals surface area (Å²) in [6.45, 7) is 6.17. The van der Waals surface area contributed by atoms with Crippen LogP contribution in [-0.4, -0.2) is 12.1 Å². The second-order valence-electron chi connectivity index (χ2n) is 5.33. The minimum absolute atomic E-state index is 0.156. The van der Waals surface area contributed by atoms with E-state index in [-0.39, 0.29) is 17.1 Å². The SMILES string of the molecule is CC1(C=O)C(=O)CC2CC1C2(C)C. The van der Waals surface area contributed by atoms with Crippen LogP contribution in [0.4, 0.5) is 0 Å². The van der Waals surface area contributed by atoms with Crippen LogP contribution in [0.2, 0.25) is 0 Å². The molecule has 3 saturated carbocycles. The molecule has 0 radical (unpaired) electrons. The van der Waals surface area contributed by atoms with Crippen LogP contribution in [0.3, 0.4) is 0 Å². The first-order valence-electron chi connectivity index (χ1n) is 4.92. The maximum Gasteiger partial charge on any atom is 0.146 e. The average Bonchev–Trinajstić information content (AvgIpc) is 2.08. The van der Waals surface area contributed by atoms with E-state index < -0.39 is 5.41 Å². The van der Waals surface area contributed by atoms with E-state index in [2.05, 4.69) is 13.8 Å². The lowest BCUT2D eigenvalue weighted by molar-refractivity contribution is -0.173. The number of carbonyl (C=O) groups excluding carboxylic acids is 2. The van der Waals surface area contributed by atoms with E-state index in [9.17, 15) is 9.59 Å². The zero-order valence-electron chi connectivity index (χ0n) is 8.46. The molecule has 13 heavy (non-hydrogen) atoms. The van der Waals surface area contributed by atoms with Crippen LogP contribution in [0.25, 0.3) is 0 Å². The number of fused-ring (bicyclic) bond motifs is 2. The molecule has 0 amide bonds.